The third-order valence-corrected chi connectivity index (χ3v) is 3.67. The highest BCUT2D eigenvalue weighted by Gasteiger charge is 2.30. The van der Waals surface area contributed by atoms with Crippen LogP contribution in [-0.2, 0) is 4.79 Å². The number of amides is 1. The summed E-state index contributed by atoms with van der Waals surface area (Å²) in [5.74, 6) is -1.27. The number of halogens is 1. The second-order valence-corrected chi connectivity index (χ2v) is 5.53. The largest absolute Gasteiger partial charge is 0.480 e. The summed E-state index contributed by atoms with van der Waals surface area (Å²) in [5.41, 5.74) is 0.542. The van der Waals surface area contributed by atoms with Crippen LogP contribution in [-0.4, -0.2) is 39.5 Å². The molecule has 0 spiro atoms. The van der Waals surface area contributed by atoms with E-state index in [0.717, 1.165) is 17.3 Å². The van der Waals surface area contributed by atoms with Gasteiger partial charge in [-0.25, -0.2) is 4.79 Å². The van der Waals surface area contributed by atoms with Gasteiger partial charge in [0.15, 0.2) is 0 Å². The molecule has 1 aliphatic rings. The van der Waals surface area contributed by atoms with Gasteiger partial charge in [0.1, 0.15) is 11.7 Å². The second-order valence-electron chi connectivity index (χ2n) is 4.61. The maximum absolute atomic E-state index is 12.3. The Morgan fingerprint density at radius 3 is 2.67 bits per heavy atom. The molecule has 1 amide bonds. The molecular weight excluding hydrogens is 300 g/mol. The minimum atomic E-state index is -1.01. The summed E-state index contributed by atoms with van der Waals surface area (Å²) in [6.07, 6.45) is 4.02. The molecule has 2 rings (SSSR count). The average molecular weight is 315 g/mol. The molecule has 1 N–H and O–H groups in total. The number of likely N-dealkylation sites (N-methyl/N-ethyl adjacent to an activating group) is 1. The third-order valence-electron chi connectivity index (χ3n) is 3.23. The Kier molecular flexibility index (Phi) is 3.47. The molecule has 1 fully saturated rings. The minimum Gasteiger partial charge on any atom is -0.480 e. The first-order valence-electron chi connectivity index (χ1n) is 5.79. The normalized spacial score (nSPS) is 16.4. The fourth-order valence-electron chi connectivity index (χ4n) is 1.79. The van der Waals surface area contributed by atoms with E-state index in [1.165, 1.54) is 18.9 Å². The van der Waals surface area contributed by atoms with Gasteiger partial charge in [-0.1, -0.05) is 0 Å². The van der Waals surface area contributed by atoms with E-state index in [9.17, 15) is 9.59 Å². The molecule has 0 bridgehead atoms. The summed E-state index contributed by atoms with van der Waals surface area (Å²) < 4.78 is 2.77. The van der Waals surface area contributed by atoms with Crippen molar-refractivity contribution in [2.24, 2.45) is 0 Å². The highest BCUT2D eigenvalue weighted by Crippen LogP contribution is 2.37. The van der Waals surface area contributed by atoms with Crippen LogP contribution in [0, 0.1) is 0 Å². The van der Waals surface area contributed by atoms with Crippen LogP contribution in [0.4, 0.5) is 0 Å². The topological polar surface area (TPSA) is 62.5 Å². The zero-order valence-corrected chi connectivity index (χ0v) is 11.8. The van der Waals surface area contributed by atoms with E-state index < -0.39 is 12.0 Å². The van der Waals surface area contributed by atoms with Crippen LogP contribution in [0.5, 0.6) is 0 Å². The van der Waals surface area contributed by atoms with Crippen molar-refractivity contribution in [3.63, 3.8) is 0 Å². The van der Waals surface area contributed by atoms with Crippen LogP contribution >= 0.6 is 15.9 Å². The Hall–Kier alpha value is -1.30. The van der Waals surface area contributed by atoms with Crippen LogP contribution in [0.3, 0.4) is 0 Å². The van der Waals surface area contributed by atoms with Crippen molar-refractivity contribution < 1.29 is 14.7 Å². The Balaban J connectivity index is 2.25. The number of hydrogen-bond acceptors (Lipinski definition) is 2. The molecule has 1 aliphatic carbocycles. The van der Waals surface area contributed by atoms with Gasteiger partial charge in [0.25, 0.3) is 5.91 Å². The van der Waals surface area contributed by atoms with Gasteiger partial charge in [0.05, 0.1) is 0 Å². The van der Waals surface area contributed by atoms with E-state index in [1.807, 2.05) is 10.8 Å². The molecule has 1 atom stereocenters. The second kappa shape index (κ2) is 4.76. The molecule has 1 saturated carbocycles. The summed E-state index contributed by atoms with van der Waals surface area (Å²) in [5, 5.41) is 8.93. The molecule has 1 heterocycles. The Bertz CT molecular complexity index is 494. The Labute approximate surface area is 114 Å². The van der Waals surface area contributed by atoms with Crippen molar-refractivity contribution in [3.8, 4) is 0 Å². The van der Waals surface area contributed by atoms with E-state index in [2.05, 4.69) is 15.9 Å². The summed E-state index contributed by atoms with van der Waals surface area (Å²) >= 11 is 3.35. The molecule has 1 aromatic heterocycles. The van der Waals surface area contributed by atoms with E-state index in [-0.39, 0.29) is 5.91 Å². The number of carboxylic acids is 1. The fourth-order valence-corrected chi connectivity index (χ4v) is 2.23. The van der Waals surface area contributed by atoms with E-state index in [4.69, 9.17) is 5.11 Å². The highest BCUT2D eigenvalue weighted by atomic mass is 79.9. The first kappa shape index (κ1) is 13.1. The third kappa shape index (κ3) is 2.43. The average Bonchev–Trinajstić information content (AvgIpc) is 3.09. The van der Waals surface area contributed by atoms with E-state index >= 15 is 0 Å². The molecule has 0 aromatic carbocycles. The van der Waals surface area contributed by atoms with Crippen LogP contribution in [0.25, 0.3) is 0 Å². The van der Waals surface area contributed by atoms with Gasteiger partial charge in [-0.2, -0.15) is 0 Å². The van der Waals surface area contributed by atoms with Gasteiger partial charge in [-0.05, 0) is 41.8 Å². The van der Waals surface area contributed by atoms with Gasteiger partial charge in [0, 0.05) is 23.8 Å². The summed E-state index contributed by atoms with van der Waals surface area (Å²) in [7, 11) is 1.51. The standard InChI is InChI=1S/C12H15BrN2O3/c1-7(12(17)18)14(2)11(16)10-5-8(13)6-15(10)9-3-4-9/h5-7,9H,3-4H2,1-2H3,(H,17,18). The number of aromatic nitrogens is 1. The van der Waals surface area contributed by atoms with Crippen LogP contribution in [0.2, 0.25) is 0 Å². The van der Waals surface area contributed by atoms with Crippen LogP contribution in [0.1, 0.15) is 36.3 Å². The smallest absolute Gasteiger partial charge is 0.326 e. The molecular formula is C12H15BrN2O3. The lowest BCUT2D eigenvalue weighted by molar-refractivity contribution is -0.141. The van der Waals surface area contributed by atoms with E-state index in [1.54, 1.807) is 6.07 Å². The van der Waals surface area contributed by atoms with Crippen LogP contribution < -0.4 is 0 Å². The number of carbonyl (C=O) groups is 2. The predicted octanol–water partition coefficient (Wildman–Crippen LogP) is 2.13. The van der Waals surface area contributed by atoms with Gasteiger partial charge in [0.2, 0.25) is 0 Å². The highest BCUT2D eigenvalue weighted by molar-refractivity contribution is 9.10. The number of aliphatic carboxylic acids is 1. The Morgan fingerprint density at radius 1 is 1.56 bits per heavy atom. The van der Waals surface area contributed by atoms with Gasteiger partial charge >= 0.3 is 5.97 Å². The Morgan fingerprint density at radius 2 is 2.17 bits per heavy atom. The van der Waals surface area contributed by atoms with Crippen molar-refractivity contribution in [3.05, 3.63) is 22.4 Å². The molecule has 0 radical (unpaired) electrons. The number of carboxylic acid groups (broad SMARTS) is 1. The minimum absolute atomic E-state index is 0.262. The predicted molar refractivity (Wildman–Crippen MR) is 69.6 cm³/mol. The molecule has 98 valence electrons. The monoisotopic (exact) mass is 314 g/mol. The number of nitrogens with zero attached hydrogens (tertiary/aromatic N) is 2. The van der Waals surface area contributed by atoms with Gasteiger partial charge in [-0.3, -0.25) is 4.79 Å². The first-order valence-corrected chi connectivity index (χ1v) is 6.58. The van der Waals surface area contributed by atoms with Crippen molar-refractivity contribution >= 4 is 27.8 Å². The molecule has 0 aliphatic heterocycles. The zero-order chi connectivity index (χ0) is 13.4. The first-order chi connectivity index (χ1) is 8.41. The molecule has 0 saturated heterocycles. The molecule has 1 unspecified atom stereocenters. The number of hydrogen-bond donors (Lipinski definition) is 1. The van der Waals surface area contributed by atoms with Crippen molar-refractivity contribution in [1.29, 1.82) is 0 Å². The van der Waals surface area contributed by atoms with Crippen molar-refractivity contribution in [1.82, 2.24) is 9.47 Å². The summed E-state index contributed by atoms with van der Waals surface area (Å²) in [6.45, 7) is 1.50. The van der Waals surface area contributed by atoms with Gasteiger partial charge in [-0.15, -0.1) is 0 Å². The lowest BCUT2D eigenvalue weighted by atomic mass is 10.2. The number of rotatable bonds is 4. The van der Waals surface area contributed by atoms with Crippen molar-refractivity contribution in [2.45, 2.75) is 31.8 Å². The number of carbonyl (C=O) groups excluding carboxylic acids is 1. The fraction of sp³-hybridized carbons (Fsp3) is 0.500. The lowest BCUT2D eigenvalue weighted by Gasteiger charge is -2.22. The van der Waals surface area contributed by atoms with Crippen LogP contribution in [0.15, 0.2) is 16.7 Å². The van der Waals surface area contributed by atoms with Crippen molar-refractivity contribution in [2.75, 3.05) is 7.05 Å². The molecule has 6 heteroatoms. The van der Waals surface area contributed by atoms with E-state index in [0.29, 0.717) is 11.7 Å². The molecule has 18 heavy (non-hydrogen) atoms. The maximum atomic E-state index is 12.3. The maximum Gasteiger partial charge on any atom is 0.326 e. The summed E-state index contributed by atoms with van der Waals surface area (Å²) in [4.78, 5) is 24.4. The SMILES string of the molecule is CC(C(=O)O)N(C)C(=O)c1cc(Br)cn1C1CC1. The zero-order valence-electron chi connectivity index (χ0n) is 10.3. The van der Waals surface area contributed by atoms with Gasteiger partial charge < -0.3 is 14.6 Å². The molecule has 5 nitrogen and oxygen atoms in total. The summed E-state index contributed by atoms with van der Waals surface area (Å²) in [6, 6.07) is 1.29. The lowest BCUT2D eigenvalue weighted by Crippen LogP contribution is -2.40. The molecule has 1 aromatic rings. The quantitative estimate of drug-likeness (QED) is 0.926.